The van der Waals surface area contributed by atoms with Crippen molar-refractivity contribution in [2.75, 3.05) is 13.1 Å². The summed E-state index contributed by atoms with van der Waals surface area (Å²) in [6.07, 6.45) is -0.215. The lowest BCUT2D eigenvalue weighted by Gasteiger charge is -2.11. The maximum atomic E-state index is 8.28. The molecule has 2 atom stereocenters. The standard InChI is InChI=1S/C9H16N6O2/c1-6(2)3-9-16-7(4-12-14-10)8(17-9)5-13-15-11/h6-9H,3-5H2,1-2H3/t7-,8-/m1/s1. The lowest BCUT2D eigenvalue weighted by molar-refractivity contribution is -0.0753. The van der Waals surface area contributed by atoms with Gasteiger partial charge in [0.1, 0.15) is 0 Å². The summed E-state index contributed by atoms with van der Waals surface area (Å²) in [4.78, 5) is 5.37. The van der Waals surface area contributed by atoms with E-state index in [-0.39, 0.29) is 31.6 Å². The summed E-state index contributed by atoms with van der Waals surface area (Å²) in [5.74, 6) is 0.443. The maximum Gasteiger partial charge on any atom is 0.158 e. The zero-order valence-corrected chi connectivity index (χ0v) is 9.93. The minimum atomic E-state index is -0.333. The van der Waals surface area contributed by atoms with Crippen LogP contribution in [-0.4, -0.2) is 31.6 Å². The van der Waals surface area contributed by atoms with Crippen molar-refractivity contribution in [1.82, 2.24) is 0 Å². The molecule has 0 amide bonds. The largest absolute Gasteiger partial charge is 0.347 e. The van der Waals surface area contributed by atoms with Gasteiger partial charge in [0.25, 0.3) is 0 Å². The fourth-order valence-electron chi connectivity index (χ4n) is 1.65. The first-order valence-corrected chi connectivity index (χ1v) is 5.50. The summed E-state index contributed by atoms with van der Waals surface area (Å²) >= 11 is 0. The molecule has 0 aliphatic carbocycles. The molecule has 0 saturated carbocycles. The summed E-state index contributed by atoms with van der Waals surface area (Å²) in [5, 5.41) is 6.93. The Kier molecular flexibility index (Phi) is 5.59. The molecule has 17 heavy (non-hydrogen) atoms. The van der Waals surface area contributed by atoms with E-state index in [0.717, 1.165) is 6.42 Å². The first-order valence-electron chi connectivity index (χ1n) is 5.50. The second kappa shape index (κ2) is 6.98. The fraction of sp³-hybridized carbons (Fsp3) is 1.00. The number of hydrogen-bond acceptors (Lipinski definition) is 4. The van der Waals surface area contributed by atoms with E-state index in [9.17, 15) is 0 Å². The van der Waals surface area contributed by atoms with E-state index in [1.807, 2.05) is 0 Å². The predicted molar refractivity (Wildman–Crippen MR) is 61.0 cm³/mol. The highest BCUT2D eigenvalue weighted by molar-refractivity contribution is 4.82. The van der Waals surface area contributed by atoms with Gasteiger partial charge >= 0.3 is 0 Å². The zero-order chi connectivity index (χ0) is 12.7. The average Bonchev–Trinajstić information content (AvgIpc) is 2.64. The van der Waals surface area contributed by atoms with Gasteiger partial charge < -0.3 is 9.47 Å². The van der Waals surface area contributed by atoms with Gasteiger partial charge in [-0.2, -0.15) is 0 Å². The van der Waals surface area contributed by atoms with Crippen molar-refractivity contribution in [3.63, 3.8) is 0 Å². The number of nitrogens with zero attached hydrogens (tertiary/aromatic N) is 6. The van der Waals surface area contributed by atoms with E-state index in [1.54, 1.807) is 0 Å². The summed E-state index contributed by atoms with van der Waals surface area (Å²) < 4.78 is 11.2. The molecule has 1 fully saturated rings. The average molecular weight is 240 g/mol. The summed E-state index contributed by atoms with van der Waals surface area (Å²) in [6, 6.07) is 0. The van der Waals surface area contributed by atoms with E-state index in [0.29, 0.717) is 5.92 Å². The molecule has 1 heterocycles. The van der Waals surface area contributed by atoms with Crippen LogP contribution in [-0.2, 0) is 9.47 Å². The third kappa shape index (κ3) is 4.50. The lowest BCUT2D eigenvalue weighted by Crippen LogP contribution is -2.27. The Morgan fingerprint density at radius 1 is 1.06 bits per heavy atom. The molecule has 0 aromatic rings. The molecular weight excluding hydrogens is 224 g/mol. The molecule has 0 bridgehead atoms. The molecule has 8 nitrogen and oxygen atoms in total. The second-order valence-corrected chi connectivity index (χ2v) is 4.24. The van der Waals surface area contributed by atoms with Crippen molar-refractivity contribution in [3.8, 4) is 0 Å². The van der Waals surface area contributed by atoms with E-state index >= 15 is 0 Å². The summed E-state index contributed by atoms with van der Waals surface area (Å²) in [7, 11) is 0. The molecule has 1 aliphatic rings. The smallest absolute Gasteiger partial charge is 0.158 e. The Hall–Kier alpha value is -1.46. The van der Waals surface area contributed by atoms with Gasteiger partial charge in [-0.3, -0.25) is 0 Å². The summed E-state index contributed by atoms with van der Waals surface area (Å²) in [5.41, 5.74) is 16.6. The second-order valence-electron chi connectivity index (χ2n) is 4.24. The lowest BCUT2D eigenvalue weighted by atomic mass is 10.1. The van der Waals surface area contributed by atoms with Gasteiger partial charge in [-0.1, -0.05) is 24.1 Å². The first kappa shape index (κ1) is 13.6. The monoisotopic (exact) mass is 240 g/mol. The molecule has 8 heteroatoms. The van der Waals surface area contributed by atoms with Crippen molar-refractivity contribution in [1.29, 1.82) is 0 Å². The Labute approximate surface area is 99.1 Å². The van der Waals surface area contributed by atoms with E-state index in [4.69, 9.17) is 20.5 Å². The van der Waals surface area contributed by atoms with E-state index < -0.39 is 0 Å². The van der Waals surface area contributed by atoms with Crippen LogP contribution in [0.2, 0.25) is 0 Å². The van der Waals surface area contributed by atoms with Crippen LogP contribution in [0.15, 0.2) is 10.2 Å². The summed E-state index contributed by atoms with van der Waals surface area (Å²) in [6.45, 7) is 4.51. The highest BCUT2D eigenvalue weighted by Gasteiger charge is 2.35. The third-order valence-electron chi connectivity index (χ3n) is 2.38. The van der Waals surface area contributed by atoms with Crippen LogP contribution in [0.3, 0.4) is 0 Å². The van der Waals surface area contributed by atoms with Crippen molar-refractivity contribution >= 4 is 0 Å². The predicted octanol–water partition coefficient (Wildman–Crippen LogP) is 2.76. The van der Waals surface area contributed by atoms with Gasteiger partial charge in [-0.05, 0) is 17.0 Å². The highest BCUT2D eigenvalue weighted by atomic mass is 16.7. The van der Waals surface area contributed by atoms with Crippen molar-refractivity contribution in [2.24, 2.45) is 16.1 Å². The SMILES string of the molecule is CC(C)CC1O[C@H](CN=[N+]=[N-])[C@@H](CN=[N+]=[N-])O1. The van der Waals surface area contributed by atoms with Crippen molar-refractivity contribution < 1.29 is 9.47 Å². The minimum absolute atomic E-state index is 0.191. The number of rotatable bonds is 6. The first-order chi connectivity index (χ1) is 8.17. The van der Waals surface area contributed by atoms with E-state index in [2.05, 4.69) is 33.9 Å². The molecule has 1 aliphatic heterocycles. The van der Waals surface area contributed by atoms with E-state index in [1.165, 1.54) is 0 Å². The Balaban J connectivity index is 2.57. The molecule has 1 saturated heterocycles. The van der Waals surface area contributed by atoms with Gasteiger partial charge in [0.2, 0.25) is 0 Å². The fourth-order valence-corrected chi connectivity index (χ4v) is 1.65. The molecule has 0 N–H and O–H groups in total. The van der Waals surface area contributed by atoms with Gasteiger partial charge in [0.15, 0.2) is 6.29 Å². The Morgan fingerprint density at radius 2 is 1.53 bits per heavy atom. The van der Waals surface area contributed by atoms with Gasteiger partial charge in [0.05, 0.1) is 25.3 Å². The third-order valence-corrected chi connectivity index (χ3v) is 2.38. The molecular formula is C9H16N6O2. The van der Waals surface area contributed by atoms with Gasteiger partial charge in [-0.25, -0.2) is 0 Å². The Bertz CT molecular complexity index is 306. The van der Waals surface area contributed by atoms with Crippen molar-refractivity contribution in [3.05, 3.63) is 20.9 Å². The minimum Gasteiger partial charge on any atom is -0.347 e. The van der Waals surface area contributed by atoms with Crippen LogP contribution in [0.5, 0.6) is 0 Å². The molecule has 1 rings (SSSR count). The highest BCUT2D eigenvalue weighted by Crippen LogP contribution is 2.24. The number of hydrogen-bond donors (Lipinski definition) is 0. The van der Waals surface area contributed by atoms with Crippen LogP contribution < -0.4 is 0 Å². The molecule has 0 aromatic heterocycles. The van der Waals surface area contributed by atoms with Crippen LogP contribution in [0.25, 0.3) is 20.9 Å². The quantitative estimate of drug-likeness (QED) is 0.403. The van der Waals surface area contributed by atoms with Crippen LogP contribution >= 0.6 is 0 Å². The van der Waals surface area contributed by atoms with Crippen LogP contribution in [0, 0.1) is 5.92 Å². The maximum absolute atomic E-state index is 8.28. The topological polar surface area (TPSA) is 116 Å². The van der Waals surface area contributed by atoms with Gasteiger partial charge in [0, 0.05) is 16.2 Å². The molecule has 0 aromatic carbocycles. The molecule has 94 valence electrons. The molecule has 0 radical (unpaired) electrons. The van der Waals surface area contributed by atoms with Crippen molar-refractivity contribution in [2.45, 2.75) is 38.8 Å². The normalized spacial score (nSPS) is 27.6. The number of azide groups is 2. The Morgan fingerprint density at radius 3 is 1.88 bits per heavy atom. The van der Waals surface area contributed by atoms with Crippen LogP contribution in [0.4, 0.5) is 0 Å². The van der Waals surface area contributed by atoms with Crippen LogP contribution in [0.1, 0.15) is 20.3 Å². The zero-order valence-electron chi connectivity index (χ0n) is 9.93. The van der Waals surface area contributed by atoms with Gasteiger partial charge in [-0.15, -0.1) is 0 Å². The number of ether oxygens (including phenoxy) is 2. The molecule has 0 spiro atoms. The molecule has 0 unspecified atom stereocenters.